The Balaban J connectivity index is 1.65. The summed E-state index contributed by atoms with van der Waals surface area (Å²) >= 11 is 0. The van der Waals surface area contributed by atoms with Crippen molar-refractivity contribution in [3.05, 3.63) is 106 Å². The molecule has 0 aliphatic carbocycles. The SMILES string of the molecule is CO[C@@H]1[C@H](OC(=O)c2ccccc2)[C@@H](COC(=O)c2ccccc2)O[C@H]1n1ccc(=O)nc1/C=C(\C)O. The fraction of sp³-hybridized carbons (Fsp3) is 0.259. The number of nitrogens with zero attached hydrogens (tertiary/aromatic N) is 2. The predicted octanol–water partition coefficient (Wildman–Crippen LogP) is 3.16. The third-order valence-corrected chi connectivity index (χ3v) is 5.68. The summed E-state index contributed by atoms with van der Waals surface area (Å²) in [5.74, 6) is -1.16. The first-order valence-electron chi connectivity index (χ1n) is 11.5. The number of methoxy groups -OCH3 is 1. The molecule has 4 atom stereocenters. The van der Waals surface area contributed by atoms with Gasteiger partial charge in [-0.15, -0.1) is 0 Å². The number of carbonyl (C=O) groups is 2. The van der Waals surface area contributed by atoms with Gasteiger partial charge in [0.15, 0.2) is 12.3 Å². The molecule has 2 heterocycles. The summed E-state index contributed by atoms with van der Waals surface area (Å²) in [5, 5.41) is 9.80. The molecule has 1 aliphatic rings. The van der Waals surface area contributed by atoms with E-state index in [1.165, 1.54) is 36.9 Å². The first-order valence-corrected chi connectivity index (χ1v) is 11.5. The van der Waals surface area contributed by atoms with Crippen LogP contribution in [0.3, 0.4) is 0 Å². The van der Waals surface area contributed by atoms with Crippen LogP contribution in [0.15, 0.2) is 83.5 Å². The maximum atomic E-state index is 12.9. The highest BCUT2D eigenvalue weighted by molar-refractivity contribution is 5.90. The molecular formula is C27H26N2O8. The Morgan fingerprint density at radius 3 is 2.22 bits per heavy atom. The molecule has 37 heavy (non-hydrogen) atoms. The Morgan fingerprint density at radius 1 is 1.00 bits per heavy atom. The highest BCUT2D eigenvalue weighted by Gasteiger charge is 2.49. The third kappa shape index (κ3) is 6.11. The van der Waals surface area contributed by atoms with Crippen molar-refractivity contribution >= 4 is 18.0 Å². The minimum Gasteiger partial charge on any atom is -0.512 e. The van der Waals surface area contributed by atoms with Gasteiger partial charge in [0.05, 0.1) is 16.9 Å². The summed E-state index contributed by atoms with van der Waals surface area (Å²) in [7, 11) is 1.42. The van der Waals surface area contributed by atoms with Crippen molar-refractivity contribution in [3.8, 4) is 0 Å². The standard InChI is InChI=1S/C27H26N2O8/c1-17(30)15-21-28-22(31)13-14-29(21)25-24(34-2)23(37-27(33)19-11-7-4-8-12-19)20(36-25)16-35-26(32)18-9-5-3-6-10-18/h3-15,20,23-25,30H,16H2,1-2H3/b17-15+/t20-,23-,24-,25-/m1/s1. The van der Waals surface area contributed by atoms with E-state index in [2.05, 4.69) is 4.98 Å². The predicted molar refractivity (Wildman–Crippen MR) is 132 cm³/mol. The number of aromatic nitrogens is 2. The number of ether oxygens (including phenoxy) is 4. The van der Waals surface area contributed by atoms with E-state index in [0.717, 1.165) is 0 Å². The van der Waals surface area contributed by atoms with E-state index in [-0.39, 0.29) is 18.2 Å². The van der Waals surface area contributed by atoms with Crippen molar-refractivity contribution in [3.63, 3.8) is 0 Å². The number of hydrogen-bond donors (Lipinski definition) is 1. The van der Waals surface area contributed by atoms with E-state index in [1.807, 2.05) is 0 Å². The molecule has 0 amide bonds. The van der Waals surface area contributed by atoms with Crippen LogP contribution in [-0.2, 0) is 18.9 Å². The minimum atomic E-state index is -0.988. The van der Waals surface area contributed by atoms with Crippen LogP contribution in [0.25, 0.3) is 6.08 Å². The van der Waals surface area contributed by atoms with Gasteiger partial charge in [-0.05, 0) is 31.2 Å². The summed E-state index contributed by atoms with van der Waals surface area (Å²) in [5.41, 5.74) is 0.162. The number of aliphatic hydroxyl groups excluding tert-OH is 1. The van der Waals surface area contributed by atoms with Crippen molar-refractivity contribution in [1.82, 2.24) is 9.55 Å². The molecule has 0 spiro atoms. The molecule has 1 aliphatic heterocycles. The number of esters is 2. The molecule has 1 aromatic heterocycles. The second-order valence-electron chi connectivity index (χ2n) is 8.28. The summed E-state index contributed by atoms with van der Waals surface area (Å²) in [6.07, 6.45) is -0.971. The number of aliphatic hydroxyl groups is 1. The van der Waals surface area contributed by atoms with Gasteiger partial charge in [-0.3, -0.25) is 4.79 Å². The zero-order chi connectivity index (χ0) is 26.4. The quantitative estimate of drug-likeness (QED) is 0.362. The van der Waals surface area contributed by atoms with Crippen molar-refractivity contribution < 1.29 is 33.6 Å². The molecule has 0 radical (unpaired) electrons. The van der Waals surface area contributed by atoms with Crippen molar-refractivity contribution in [2.45, 2.75) is 31.5 Å². The molecule has 3 aromatic rings. The summed E-state index contributed by atoms with van der Waals surface area (Å²) in [6.45, 7) is 1.19. The zero-order valence-electron chi connectivity index (χ0n) is 20.2. The maximum Gasteiger partial charge on any atom is 0.338 e. The van der Waals surface area contributed by atoms with Crippen LogP contribution in [0.4, 0.5) is 0 Å². The van der Waals surface area contributed by atoms with Crippen LogP contribution in [0.1, 0.15) is 39.7 Å². The van der Waals surface area contributed by atoms with Crippen molar-refractivity contribution in [2.24, 2.45) is 0 Å². The average Bonchev–Trinajstić information content (AvgIpc) is 3.24. The van der Waals surface area contributed by atoms with Crippen LogP contribution in [0, 0.1) is 0 Å². The first kappa shape index (κ1) is 25.8. The zero-order valence-corrected chi connectivity index (χ0v) is 20.2. The lowest BCUT2D eigenvalue weighted by Crippen LogP contribution is -2.40. The highest BCUT2D eigenvalue weighted by Crippen LogP contribution is 2.35. The van der Waals surface area contributed by atoms with E-state index < -0.39 is 42.0 Å². The number of hydrogen-bond acceptors (Lipinski definition) is 9. The summed E-state index contributed by atoms with van der Waals surface area (Å²) in [6, 6.07) is 18.1. The van der Waals surface area contributed by atoms with Gasteiger partial charge >= 0.3 is 11.9 Å². The second kappa shape index (κ2) is 11.6. The lowest BCUT2D eigenvalue weighted by molar-refractivity contribution is -0.0645. The molecule has 192 valence electrons. The van der Waals surface area contributed by atoms with Crippen LogP contribution in [0.5, 0.6) is 0 Å². The van der Waals surface area contributed by atoms with Crippen LogP contribution >= 0.6 is 0 Å². The topological polar surface area (TPSA) is 126 Å². The second-order valence-corrected chi connectivity index (χ2v) is 8.28. The Morgan fingerprint density at radius 2 is 1.62 bits per heavy atom. The maximum absolute atomic E-state index is 12.9. The Hall–Kier alpha value is -4.28. The van der Waals surface area contributed by atoms with Gasteiger partial charge in [-0.2, -0.15) is 4.98 Å². The number of carbonyl (C=O) groups excluding carboxylic acids is 2. The Kier molecular flexibility index (Phi) is 8.11. The fourth-order valence-corrected chi connectivity index (χ4v) is 3.98. The Labute approximate surface area is 212 Å². The first-order chi connectivity index (χ1) is 17.9. The van der Waals surface area contributed by atoms with E-state index in [9.17, 15) is 19.5 Å². The molecule has 10 heteroatoms. The molecular weight excluding hydrogens is 480 g/mol. The smallest absolute Gasteiger partial charge is 0.338 e. The highest BCUT2D eigenvalue weighted by atomic mass is 16.6. The van der Waals surface area contributed by atoms with Crippen LogP contribution in [-0.4, -0.2) is 58.6 Å². The number of rotatable bonds is 8. The van der Waals surface area contributed by atoms with Crippen LogP contribution in [0.2, 0.25) is 0 Å². The molecule has 0 saturated carbocycles. The van der Waals surface area contributed by atoms with Gasteiger partial charge < -0.3 is 28.6 Å². The van der Waals surface area contributed by atoms with Gasteiger partial charge in [-0.25, -0.2) is 9.59 Å². The van der Waals surface area contributed by atoms with Gasteiger partial charge in [0.2, 0.25) is 0 Å². The third-order valence-electron chi connectivity index (χ3n) is 5.68. The van der Waals surface area contributed by atoms with E-state index in [0.29, 0.717) is 11.1 Å². The summed E-state index contributed by atoms with van der Waals surface area (Å²) in [4.78, 5) is 41.3. The normalized spacial score (nSPS) is 21.4. The van der Waals surface area contributed by atoms with E-state index >= 15 is 0 Å². The summed E-state index contributed by atoms with van der Waals surface area (Å²) < 4.78 is 24.6. The van der Waals surface area contributed by atoms with Crippen molar-refractivity contribution in [2.75, 3.05) is 13.7 Å². The number of benzene rings is 2. The van der Waals surface area contributed by atoms with Gasteiger partial charge in [0.1, 0.15) is 24.6 Å². The van der Waals surface area contributed by atoms with Crippen molar-refractivity contribution in [1.29, 1.82) is 0 Å². The Bertz CT molecular complexity index is 1320. The van der Waals surface area contributed by atoms with Crippen LogP contribution < -0.4 is 5.56 Å². The molecule has 10 nitrogen and oxygen atoms in total. The number of allylic oxidation sites excluding steroid dienone is 1. The van der Waals surface area contributed by atoms with E-state index in [1.54, 1.807) is 60.7 Å². The molecule has 4 rings (SSSR count). The molecule has 1 fully saturated rings. The molecule has 1 saturated heterocycles. The fourth-order valence-electron chi connectivity index (χ4n) is 3.98. The average molecular weight is 507 g/mol. The van der Waals surface area contributed by atoms with E-state index in [4.69, 9.17) is 18.9 Å². The largest absolute Gasteiger partial charge is 0.512 e. The van der Waals surface area contributed by atoms with Gasteiger partial charge in [0.25, 0.3) is 5.56 Å². The molecule has 0 unspecified atom stereocenters. The molecule has 0 bridgehead atoms. The lowest BCUT2D eigenvalue weighted by Gasteiger charge is -2.24. The molecule has 2 aromatic carbocycles. The molecule has 1 N–H and O–H groups in total. The monoisotopic (exact) mass is 506 g/mol. The van der Waals surface area contributed by atoms with Gasteiger partial charge in [0, 0.05) is 25.4 Å². The van der Waals surface area contributed by atoms with Gasteiger partial charge in [-0.1, -0.05) is 36.4 Å². The minimum absolute atomic E-state index is 0.0841. The lowest BCUT2D eigenvalue weighted by atomic mass is 10.1.